The molecule has 2 bridgehead atoms. The summed E-state index contributed by atoms with van der Waals surface area (Å²) in [4.78, 5) is 15.8. The Kier molecular flexibility index (Phi) is 8.02. The van der Waals surface area contributed by atoms with Crippen LogP contribution < -0.4 is 10.1 Å². The number of rotatable bonds is 9. The Balaban J connectivity index is 1.17. The molecule has 2 aliphatic heterocycles. The molecular weight excluding hydrogens is 536 g/mol. The number of carbonyl (C=O) groups excluding carboxylic acids is 1. The molecule has 8 heteroatoms. The van der Waals surface area contributed by atoms with Gasteiger partial charge in [0.25, 0.3) is 5.91 Å². The zero-order chi connectivity index (χ0) is 28.5. The van der Waals surface area contributed by atoms with Crippen LogP contribution >= 0.6 is 11.6 Å². The van der Waals surface area contributed by atoms with E-state index >= 15 is 0 Å². The van der Waals surface area contributed by atoms with Crippen molar-refractivity contribution in [3.05, 3.63) is 82.9 Å². The van der Waals surface area contributed by atoms with Crippen LogP contribution in [0.2, 0.25) is 5.02 Å². The number of carbonyl (C=O) groups is 1. The molecule has 6 rings (SSSR count). The van der Waals surface area contributed by atoms with Gasteiger partial charge < -0.3 is 15.2 Å². The van der Waals surface area contributed by atoms with E-state index in [9.17, 15) is 9.90 Å². The topological polar surface area (TPSA) is 90.5 Å². The Morgan fingerprint density at radius 3 is 2.51 bits per heavy atom. The number of aliphatic hydroxyl groups excluding tert-OH is 1. The Labute approximate surface area is 245 Å². The van der Waals surface area contributed by atoms with Crippen molar-refractivity contribution in [2.75, 3.05) is 13.2 Å². The molecule has 4 atom stereocenters. The third-order valence-electron chi connectivity index (χ3n) is 8.65. The highest BCUT2D eigenvalue weighted by atomic mass is 35.5. The molecule has 2 saturated heterocycles. The summed E-state index contributed by atoms with van der Waals surface area (Å²) in [6.07, 6.45) is 4.57. The fourth-order valence-electron chi connectivity index (χ4n) is 6.62. The predicted molar refractivity (Wildman–Crippen MR) is 162 cm³/mol. The summed E-state index contributed by atoms with van der Waals surface area (Å²) in [6.45, 7) is 5.12. The highest BCUT2D eigenvalue weighted by Crippen LogP contribution is 2.37. The van der Waals surface area contributed by atoms with Gasteiger partial charge in [0.05, 0.1) is 23.9 Å². The molecule has 214 valence electrons. The number of H-pyrrole nitrogens is 1. The molecule has 1 aromatic heterocycles. The van der Waals surface area contributed by atoms with E-state index in [2.05, 4.69) is 34.3 Å². The lowest BCUT2D eigenvalue weighted by molar-refractivity contribution is 0.0391. The first kappa shape index (κ1) is 27.8. The predicted octanol–water partition coefficient (Wildman–Crippen LogP) is 6.38. The molecule has 41 heavy (non-hydrogen) atoms. The molecule has 3 aromatic carbocycles. The van der Waals surface area contributed by atoms with Gasteiger partial charge >= 0.3 is 0 Å². The summed E-state index contributed by atoms with van der Waals surface area (Å²) in [5.74, 6) is 0.865. The van der Waals surface area contributed by atoms with Gasteiger partial charge in [0.1, 0.15) is 11.9 Å². The molecule has 2 aliphatic rings. The number of ether oxygens (including phenoxy) is 1. The molecular formula is C33H37ClN4O3. The molecule has 0 radical (unpaired) electrons. The third-order valence-corrected chi connectivity index (χ3v) is 8.99. The molecule has 2 fully saturated rings. The van der Waals surface area contributed by atoms with E-state index in [4.69, 9.17) is 16.3 Å². The molecule has 4 aromatic rings. The highest BCUT2D eigenvalue weighted by Gasteiger charge is 2.41. The molecule has 0 saturated carbocycles. The fourth-order valence-corrected chi connectivity index (χ4v) is 6.87. The van der Waals surface area contributed by atoms with Gasteiger partial charge in [-0.15, -0.1) is 0 Å². The van der Waals surface area contributed by atoms with E-state index in [0.29, 0.717) is 22.7 Å². The van der Waals surface area contributed by atoms with E-state index in [1.165, 1.54) is 12.8 Å². The summed E-state index contributed by atoms with van der Waals surface area (Å²) in [5, 5.41) is 21.8. The van der Waals surface area contributed by atoms with E-state index in [1.807, 2.05) is 66.7 Å². The minimum Gasteiger partial charge on any atom is -0.490 e. The smallest absolute Gasteiger partial charge is 0.251 e. The van der Waals surface area contributed by atoms with Crippen LogP contribution in [-0.4, -0.2) is 57.5 Å². The number of fused-ring (bicyclic) bond motifs is 3. The van der Waals surface area contributed by atoms with E-state index in [1.54, 1.807) is 0 Å². The monoisotopic (exact) mass is 572 g/mol. The largest absolute Gasteiger partial charge is 0.490 e. The summed E-state index contributed by atoms with van der Waals surface area (Å²) in [7, 11) is 0. The van der Waals surface area contributed by atoms with Crippen molar-refractivity contribution in [3.8, 4) is 17.0 Å². The minimum absolute atomic E-state index is 0.152. The lowest BCUT2D eigenvalue weighted by atomic mass is 9.95. The minimum atomic E-state index is -0.208. The first-order chi connectivity index (χ1) is 19.9. The number of halogens is 1. The lowest BCUT2D eigenvalue weighted by Crippen LogP contribution is -2.47. The van der Waals surface area contributed by atoms with Crippen LogP contribution in [0.4, 0.5) is 0 Å². The molecule has 0 spiro atoms. The van der Waals surface area contributed by atoms with Gasteiger partial charge in [-0.25, -0.2) is 0 Å². The van der Waals surface area contributed by atoms with Crippen LogP contribution in [0.1, 0.15) is 61.5 Å². The molecule has 3 N–H and O–H groups in total. The Bertz CT molecular complexity index is 1500. The summed E-state index contributed by atoms with van der Waals surface area (Å²) in [5.41, 5.74) is 4.10. The van der Waals surface area contributed by atoms with E-state index in [0.717, 1.165) is 52.9 Å². The van der Waals surface area contributed by atoms with Crippen LogP contribution in [0, 0.1) is 5.92 Å². The number of hydrogen-bond acceptors (Lipinski definition) is 5. The maximum Gasteiger partial charge on any atom is 0.251 e. The molecule has 3 heterocycles. The summed E-state index contributed by atoms with van der Waals surface area (Å²) in [6, 6.07) is 22.1. The maximum atomic E-state index is 13.4. The first-order valence-corrected chi connectivity index (χ1v) is 15.0. The first-order valence-electron chi connectivity index (χ1n) is 14.6. The van der Waals surface area contributed by atoms with Crippen molar-refractivity contribution in [1.82, 2.24) is 20.4 Å². The second-order valence-electron chi connectivity index (χ2n) is 11.6. The van der Waals surface area contributed by atoms with Crippen molar-refractivity contribution in [3.63, 3.8) is 0 Å². The standard InChI is InChI=1S/C33H37ClN4O3/c1-20(2)31(27-5-3-4-6-29(27)34)35-33(40)22-9-14-30-28(17-22)32(37-36-30)21-7-12-25(13-8-21)41-26-18-23-10-11-24(19-26)38(23)15-16-39/h3-9,12-14,17,20,23-24,26,31,39H,10-11,15-16,18-19H2,1-2H3,(H,35,40)(H,36,37)/t23-,24+,26-,31-/m0/s1. The second kappa shape index (κ2) is 11.8. The Hall–Kier alpha value is -3.39. The number of amides is 1. The van der Waals surface area contributed by atoms with Gasteiger partial charge in [-0.2, -0.15) is 5.10 Å². The van der Waals surface area contributed by atoms with Gasteiger partial charge in [0.15, 0.2) is 0 Å². The van der Waals surface area contributed by atoms with Crippen molar-refractivity contribution in [2.24, 2.45) is 5.92 Å². The van der Waals surface area contributed by atoms with E-state index in [-0.39, 0.29) is 30.6 Å². The maximum absolute atomic E-state index is 13.4. The van der Waals surface area contributed by atoms with Gasteiger partial charge in [-0.05, 0) is 85.7 Å². The van der Waals surface area contributed by atoms with Gasteiger partial charge in [0, 0.05) is 40.2 Å². The fraction of sp³-hybridized carbons (Fsp3) is 0.394. The van der Waals surface area contributed by atoms with Gasteiger partial charge in [-0.1, -0.05) is 43.6 Å². The van der Waals surface area contributed by atoms with Crippen molar-refractivity contribution in [2.45, 2.75) is 63.8 Å². The van der Waals surface area contributed by atoms with Crippen molar-refractivity contribution in [1.29, 1.82) is 0 Å². The van der Waals surface area contributed by atoms with E-state index < -0.39 is 0 Å². The van der Waals surface area contributed by atoms with Crippen LogP contribution in [0.3, 0.4) is 0 Å². The van der Waals surface area contributed by atoms with Crippen LogP contribution in [-0.2, 0) is 0 Å². The average molecular weight is 573 g/mol. The number of aliphatic hydroxyl groups is 1. The number of nitrogens with one attached hydrogen (secondary N) is 2. The SMILES string of the molecule is CC(C)[C@H](NC(=O)c1ccc2[nH]nc(-c3ccc(O[C@@H]4C[C@H]5CC[C@@H](C4)N5CCO)cc3)c2c1)c1ccccc1Cl. The number of benzene rings is 3. The average Bonchev–Trinajstić information content (AvgIpc) is 3.49. The normalized spacial score (nSPS) is 21.3. The van der Waals surface area contributed by atoms with Crippen LogP contribution in [0.15, 0.2) is 66.7 Å². The lowest BCUT2D eigenvalue weighted by Gasteiger charge is -2.38. The molecule has 1 amide bonds. The second-order valence-corrected chi connectivity index (χ2v) is 12.0. The summed E-state index contributed by atoms with van der Waals surface area (Å²) < 4.78 is 6.39. The molecule has 0 unspecified atom stereocenters. The number of piperidine rings is 1. The highest BCUT2D eigenvalue weighted by molar-refractivity contribution is 6.31. The number of nitrogens with zero attached hydrogens (tertiary/aromatic N) is 2. The van der Waals surface area contributed by atoms with Gasteiger partial charge in [-0.3, -0.25) is 14.8 Å². The summed E-state index contributed by atoms with van der Waals surface area (Å²) >= 11 is 6.46. The zero-order valence-electron chi connectivity index (χ0n) is 23.5. The molecule has 0 aliphatic carbocycles. The quantitative estimate of drug-likeness (QED) is 0.217. The third kappa shape index (κ3) is 5.71. The molecule has 7 nitrogen and oxygen atoms in total. The zero-order valence-corrected chi connectivity index (χ0v) is 24.3. The van der Waals surface area contributed by atoms with Crippen molar-refractivity contribution >= 4 is 28.4 Å². The van der Waals surface area contributed by atoms with Crippen molar-refractivity contribution < 1.29 is 14.6 Å². The number of aromatic nitrogens is 2. The van der Waals surface area contributed by atoms with Crippen LogP contribution in [0.25, 0.3) is 22.2 Å². The number of aromatic amines is 1. The van der Waals surface area contributed by atoms with Crippen LogP contribution in [0.5, 0.6) is 5.75 Å². The Morgan fingerprint density at radius 2 is 1.83 bits per heavy atom. The number of hydrogen-bond donors (Lipinski definition) is 3. The van der Waals surface area contributed by atoms with Gasteiger partial charge in [0.2, 0.25) is 0 Å². The Morgan fingerprint density at radius 1 is 1.10 bits per heavy atom.